The zero-order valence-corrected chi connectivity index (χ0v) is 18.1. The molecule has 0 fully saturated rings. The molecule has 0 unspecified atom stereocenters. The Morgan fingerprint density at radius 3 is 2.00 bits per heavy atom. The second kappa shape index (κ2) is 12.2. The van der Waals surface area contributed by atoms with Gasteiger partial charge in [0.1, 0.15) is 0 Å². The lowest BCUT2D eigenvalue weighted by atomic mass is 10.3. The fourth-order valence-corrected chi connectivity index (χ4v) is 3.98. The molecular formula is C18H28Cl2N4O2S. The topological polar surface area (TPSA) is 79.5 Å². The maximum Gasteiger partial charge on any atom is 0.243 e. The summed E-state index contributed by atoms with van der Waals surface area (Å²) in [5, 5.41) is 0. The van der Waals surface area contributed by atoms with E-state index in [2.05, 4.69) is 23.7 Å². The molecule has 0 amide bonds. The van der Waals surface area contributed by atoms with Crippen molar-refractivity contribution in [3.05, 3.63) is 54.4 Å². The summed E-state index contributed by atoms with van der Waals surface area (Å²) < 4.78 is 27.7. The Bertz CT molecular complexity index is 755. The van der Waals surface area contributed by atoms with E-state index in [0.29, 0.717) is 25.3 Å². The standard InChI is InChI=1S/C18H26N4O2S.2ClH/c1-3-21(4-2)13-14-22(15-16-9-11-20-12-10-16)25(23,24)18-7-5-17(19)6-8-18;;/h5-12H,3-4,13-15,19H2,1-2H3;2*1H. The van der Waals surface area contributed by atoms with Crippen molar-refractivity contribution in [1.29, 1.82) is 0 Å². The lowest BCUT2D eigenvalue weighted by molar-refractivity contribution is 0.268. The Hall–Kier alpha value is -1.38. The van der Waals surface area contributed by atoms with Crippen LogP contribution in [0.3, 0.4) is 0 Å². The molecule has 1 aromatic heterocycles. The maximum absolute atomic E-state index is 13.1. The van der Waals surface area contributed by atoms with Gasteiger partial charge in [-0.2, -0.15) is 4.31 Å². The summed E-state index contributed by atoms with van der Waals surface area (Å²) >= 11 is 0. The fourth-order valence-electron chi connectivity index (χ4n) is 2.56. The van der Waals surface area contributed by atoms with Gasteiger partial charge in [0.25, 0.3) is 0 Å². The van der Waals surface area contributed by atoms with Gasteiger partial charge in [-0.1, -0.05) is 13.8 Å². The normalized spacial score (nSPS) is 11.1. The van der Waals surface area contributed by atoms with E-state index in [9.17, 15) is 8.42 Å². The Balaban J connectivity index is 0.00000338. The average molecular weight is 435 g/mol. The van der Waals surface area contributed by atoms with Gasteiger partial charge < -0.3 is 10.6 Å². The van der Waals surface area contributed by atoms with Gasteiger partial charge in [0.2, 0.25) is 10.0 Å². The minimum absolute atomic E-state index is 0. The molecule has 2 rings (SSSR count). The van der Waals surface area contributed by atoms with Gasteiger partial charge in [0, 0.05) is 37.7 Å². The van der Waals surface area contributed by atoms with Crippen LogP contribution in [0.25, 0.3) is 0 Å². The fraction of sp³-hybridized carbons (Fsp3) is 0.389. The number of hydrogen-bond donors (Lipinski definition) is 1. The minimum Gasteiger partial charge on any atom is -0.399 e. The Morgan fingerprint density at radius 2 is 1.48 bits per heavy atom. The first-order valence-corrected chi connectivity index (χ1v) is 9.88. The molecule has 0 aliphatic heterocycles. The van der Waals surface area contributed by atoms with E-state index in [1.54, 1.807) is 36.7 Å². The number of sulfonamides is 1. The Kier molecular flexibility index (Phi) is 11.5. The van der Waals surface area contributed by atoms with Crippen LogP contribution in [0.1, 0.15) is 19.4 Å². The van der Waals surface area contributed by atoms with Crippen LogP contribution in [0.15, 0.2) is 53.7 Å². The van der Waals surface area contributed by atoms with Crippen LogP contribution >= 0.6 is 24.8 Å². The van der Waals surface area contributed by atoms with Crippen LogP contribution in [0, 0.1) is 0 Å². The smallest absolute Gasteiger partial charge is 0.243 e. The van der Waals surface area contributed by atoms with E-state index in [0.717, 1.165) is 18.7 Å². The molecule has 27 heavy (non-hydrogen) atoms. The highest BCUT2D eigenvalue weighted by Crippen LogP contribution is 2.19. The molecule has 2 aromatic rings. The first-order chi connectivity index (χ1) is 12.0. The molecule has 2 N–H and O–H groups in total. The first-order valence-electron chi connectivity index (χ1n) is 8.44. The molecule has 1 aromatic carbocycles. The molecule has 0 aliphatic rings. The summed E-state index contributed by atoms with van der Waals surface area (Å²) in [6.45, 7) is 7.36. The summed E-state index contributed by atoms with van der Waals surface area (Å²) in [5.74, 6) is 0. The largest absolute Gasteiger partial charge is 0.399 e. The number of hydrogen-bond acceptors (Lipinski definition) is 5. The van der Waals surface area contributed by atoms with E-state index in [4.69, 9.17) is 5.73 Å². The number of nitrogens with two attached hydrogens (primary N) is 1. The van der Waals surface area contributed by atoms with Gasteiger partial charge >= 0.3 is 0 Å². The van der Waals surface area contributed by atoms with Gasteiger partial charge in [0.15, 0.2) is 0 Å². The van der Waals surface area contributed by atoms with Gasteiger partial charge in [-0.05, 0) is 55.1 Å². The molecule has 0 spiro atoms. The van der Waals surface area contributed by atoms with Crippen LogP contribution in [0.5, 0.6) is 0 Å². The van der Waals surface area contributed by atoms with E-state index < -0.39 is 10.0 Å². The number of anilines is 1. The minimum atomic E-state index is -3.60. The monoisotopic (exact) mass is 434 g/mol. The molecule has 0 saturated carbocycles. The predicted octanol–water partition coefficient (Wildman–Crippen LogP) is 3.04. The van der Waals surface area contributed by atoms with Crippen molar-refractivity contribution in [3.8, 4) is 0 Å². The molecule has 6 nitrogen and oxygen atoms in total. The SMILES string of the molecule is CCN(CC)CCN(Cc1ccncc1)S(=O)(=O)c1ccc(N)cc1.Cl.Cl. The quantitative estimate of drug-likeness (QED) is 0.613. The Labute approximate surface area is 174 Å². The highest BCUT2D eigenvalue weighted by Gasteiger charge is 2.25. The molecule has 9 heteroatoms. The van der Waals surface area contributed by atoms with Crippen molar-refractivity contribution in [2.24, 2.45) is 0 Å². The number of likely N-dealkylation sites (N-methyl/N-ethyl adjacent to an activating group) is 1. The second-order valence-electron chi connectivity index (χ2n) is 5.79. The van der Waals surface area contributed by atoms with Crippen molar-refractivity contribution >= 4 is 40.5 Å². The summed E-state index contributed by atoms with van der Waals surface area (Å²) in [6, 6.07) is 10.0. The molecule has 0 aliphatic carbocycles. The van der Waals surface area contributed by atoms with Crippen LogP contribution in [-0.4, -0.2) is 48.8 Å². The number of rotatable bonds is 9. The van der Waals surface area contributed by atoms with Crippen LogP contribution in [0.4, 0.5) is 5.69 Å². The number of pyridine rings is 1. The van der Waals surface area contributed by atoms with E-state index >= 15 is 0 Å². The van der Waals surface area contributed by atoms with E-state index in [-0.39, 0.29) is 29.7 Å². The second-order valence-corrected chi connectivity index (χ2v) is 7.73. The van der Waals surface area contributed by atoms with Gasteiger partial charge in [0.05, 0.1) is 4.90 Å². The van der Waals surface area contributed by atoms with Crippen LogP contribution in [-0.2, 0) is 16.6 Å². The van der Waals surface area contributed by atoms with Crippen molar-refractivity contribution in [3.63, 3.8) is 0 Å². The first kappa shape index (κ1) is 25.6. The summed E-state index contributed by atoms with van der Waals surface area (Å²) in [6.07, 6.45) is 3.35. The van der Waals surface area contributed by atoms with Crippen LogP contribution < -0.4 is 5.73 Å². The summed E-state index contributed by atoms with van der Waals surface area (Å²) in [5.41, 5.74) is 7.14. The van der Waals surface area contributed by atoms with E-state index in [1.807, 2.05) is 12.1 Å². The highest BCUT2D eigenvalue weighted by atomic mass is 35.5. The number of aromatic nitrogens is 1. The van der Waals surface area contributed by atoms with Gasteiger partial charge in [-0.15, -0.1) is 24.8 Å². The summed E-state index contributed by atoms with van der Waals surface area (Å²) in [4.78, 5) is 6.46. The molecule has 0 atom stereocenters. The molecule has 152 valence electrons. The molecule has 0 radical (unpaired) electrons. The van der Waals surface area contributed by atoms with Crippen molar-refractivity contribution in [1.82, 2.24) is 14.2 Å². The highest BCUT2D eigenvalue weighted by molar-refractivity contribution is 7.89. The van der Waals surface area contributed by atoms with Crippen molar-refractivity contribution in [2.45, 2.75) is 25.3 Å². The molecule has 0 bridgehead atoms. The number of nitrogens with zero attached hydrogens (tertiary/aromatic N) is 3. The summed E-state index contributed by atoms with van der Waals surface area (Å²) in [7, 11) is -3.60. The Morgan fingerprint density at radius 1 is 0.926 bits per heavy atom. The average Bonchev–Trinajstić information content (AvgIpc) is 2.62. The van der Waals surface area contributed by atoms with Crippen molar-refractivity contribution < 1.29 is 8.42 Å². The number of halogens is 2. The van der Waals surface area contributed by atoms with E-state index in [1.165, 1.54) is 4.31 Å². The number of benzene rings is 1. The van der Waals surface area contributed by atoms with Gasteiger partial charge in [-0.3, -0.25) is 4.98 Å². The zero-order valence-electron chi connectivity index (χ0n) is 15.6. The third kappa shape index (κ3) is 7.27. The van der Waals surface area contributed by atoms with Crippen LogP contribution in [0.2, 0.25) is 0 Å². The molecular weight excluding hydrogens is 407 g/mol. The molecule has 0 saturated heterocycles. The zero-order chi connectivity index (χ0) is 18.3. The molecule has 1 heterocycles. The maximum atomic E-state index is 13.1. The lowest BCUT2D eigenvalue weighted by Crippen LogP contribution is -2.38. The lowest BCUT2D eigenvalue weighted by Gasteiger charge is -2.26. The third-order valence-corrected chi connectivity index (χ3v) is 6.05. The third-order valence-electron chi connectivity index (χ3n) is 4.19. The number of nitrogen functional groups attached to an aromatic ring is 1. The van der Waals surface area contributed by atoms with Crippen molar-refractivity contribution in [2.75, 3.05) is 31.9 Å². The van der Waals surface area contributed by atoms with Gasteiger partial charge in [-0.25, -0.2) is 8.42 Å². The predicted molar refractivity (Wildman–Crippen MR) is 115 cm³/mol.